The van der Waals surface area contributed by atoms with Gasteiger partial charge in [-0.25, -0.2) is 0 Å². The van der Waals surface area contributed by atoms with Crippen LogP contribution in [0.25, 0.3) is 0 Å². The van der Waals surface area contributed by atoms with Gasteiger partial charge in [-0.15, -0.1) is 0 Å². The molecule has 2 aromatic rings. The average molecular weight is 310 g/mol. The van der Waals surface area contributed by atoms with Gasteiger partial charge < -0.3 is 5.32 Å². The molecule has 1 amide bonds. The van der Waals surface area contributed by atoms with E-state index >= 15 is 0 Å². The molecule has 0 bridgehead atoms. The molecule has 0 saturated carbocycles. The number of hydrogen-bond donors (Lipinski definition) is 1. The zero-order valence-corrected chi connectivity index (χ0v) is 14.3. The van der Waals surface area contributed by atoms with Crippen LogP contribution in [0.15, 0.2) is 48.5 Å². The highest BCUT2D eigenvalue weighted by Gasteiger charge is 2.05. The molecule has 0 aliphatic carbocycles. The first-order chi connectivity index (χ1) is 11.1. The number of nitrogens with zero attached hydrogens (tertiary/aromatic N) is 1. The fourth-order valence-electron chi connectivity index (χ4n) is 2.46. The molecule has 0 radical (unpaired) electrons. The highest BCUT2D eigenvalue weighted by molar-refractivity contribution is 5.94. The normalized spacial score (nSPS) is 10.8. The van der Waals surface area contributed by atoms with Gasteiger partial charge >= 0.3 is 0 Å². The summed E-state index contributed by atoms with van der Waals surface area (Å²) < 4.78 is 0. The molecule has 0 unspecified atom stereocenters. The van der Waals surface area contributed by atoms with Gasteiger partial charge in [0.15, 0.2) is 0 Å². The van der Waals surface area contributed by atoms with Gasteiger partial charge in [0.1, 0.15) is 0 Å². The maximum absolute atomic E-state index is 12.1. The van der Waals surface area contributed by atoms with E-state index in [4.69, 9.17) is 0 Å². The summed E-state index contributed by atoms with van der Waals surface area (Å²) >= 11 is 0. The molecule has 0 fully saturated rings. The molecule has 0 aromatic heterocycles. The predicted molar refractivity (Wildman–Crippen MR) is 95.4 cm³/mol. The lowest BCUT2D eigenvalue weighted by Gasteiger charge is -2.18. The van der Waals surface area contributed by atoms with Crippen molar-refractivity contribution in [3.63, 3.8) is 0 Å². The van der Waals surface area contributed by atoms with Crippen molar-refractivity contribution in [3.05, 3.63) is 70.8 Å². The number of rotatable bonds is 7. The maximum Gasteiger partial charge on any atom is 0.251 e. The van der Waals surface area contributed by atoms with Gasteiger partial charge in [0.05, 0.1) is 0 Å². The summed E-state index contributed by atoms with van der Waals surface area (Å²) in [6.45, 7) is 10.0. The SMILES string of the molecule is CCN(CC)Cc1ccc(CNC(=O)c2ccc(C)cc2)cc1. The Morgan fingerprint density at radius 3 is 2.04 bits per heavy atom. The molecule has 0 atom stereocenters. The first-order valence-corrected chi connectivity index (χ1v) is 8.27. The third-order valence-electron chi connectivity index (χ3n) is 4.09. The summed E-state index contributed by atoms with van der Waals surface area (Å²) in [5.74, 6) is -0.0304. The minimum Gasteiger partial charge on any atom is -0.348 e. The molecule has 2 rings (SSSR count). The molecular weight excluding hydrogens is 284 g/mol. The van der Waals surface area contributed by atoms with Crippen molar-refractivity contribution in [1.29, 1.82) is 0 Å². The van der Waals surface area contributed by atoms with E-state index in [9.17, 15) is 4.79 Å². The largest absolute Gasteiger partial charge is 0.348 e. The van der Waals surface area contributed by atoms with Gasteiger partial charge in [0, 0.05) is 18.7 Å². The molecule has 0 heterocycles. The Hall–Kier alpha value is -2.13. The maximum atomic E-state index is 12.1. The van der Waals surface area contributed by atoms with E-state index in [1.54, 1.807) is 0 Å². The third kappa shape index (κ3) is 5.22. The van der Waals surface area contributed by atoms with Crippen LogP contribution >= 0.6 is 0 Å². The summed E-state index contributed by atoms with van der Waals surface area (Å²) in [4.78, 5) is 14.5. The van der Waals surface area contributed by atoms with Gasteiger partial charge in [-0.3, -0.25) is 9.69 Å². The van der Waals surface area contributed by atoms with Crippen LogP contribution in [0, 0.1) is 6.92 Å². The zero-order valence-electron chi connectivity index (χ0n) is 14.3. The van der Waals surface area contributed by atoms with Crippen molar-refractivity contribution < 1.29 is 4.79 Å². The number of nitrogens with one attached hydrogen (secondary N) is 1. The third-order valence-corrected chi connectivity index (χ3v) is 4.09. The lowest BCUT2D eigenvalue weighted by atomic mass is 10.1. The van der Waals surface area contributed by atoms with Crippen molar-refractivity contribution in [2.75, 3.05) is 13.1 Å². The van der Waals surface area contributed by atoms with Crippen LogP contribution < -0.4 is 5.32 Å². The molecule has 3 heteroatoms. The second-order valence-corrected chi connectivity index (χ2v) is 5.83. The van der Waals surface area contributed by atoms with Crippen molar-refractivity contribution in [2.24, 2.45) is 0 Å². The smallest absolute Gasteiger partial charge is 0.251 e. The first-order valence-electron chi connectivity index (χ1n) is 8.27. The molecule has 2 aromatic carbocycles. The van der Waals surface area contributed by atoms with Crippen LogP contribution in [0.5, 0.6) is 0 Å². The second kappa shape index (κ2) is 8.49. The van der Waals surface area contributed by atoms with Gasteiger partial charge in [0.25, 0.3) is 5.91 Å². The van der Waals surface area contributed by atoms with Crippen LogP contribution in [0.2, 0.25) is 0 Å². The highest BCUT2D eigenvalue weighted by Crippen LogP contribution is 2.08. The van der Waals surface area contributed by atoms with Crippen molar-refractivity contribution >= 4 is 5.91 Å². The average Bonchev–Trinajstić information content (AvgIpc) is 2.59. The number of carbonyl (C=O) groups excluding carboxylic acids is 1. The lowest BCUT2D eigenvalue weighted by molar-refractivity contribution is 0.0951. The minimum atomic E-state index is -0.0304. The summed E-state index contributed by atoms with van der Waals surface area (Å²) in [6.07, 6.45) is 0. The van der Waals surface area contributed by atoms with Crippen molar-refractivity contribution in [3.8, 4) is 0 Å². The van der Waals surface area contributed by atoms with Gasteiger partial charge in [-0.2, -0.15) is 0 Å². The van der Waals surface area contributed by atoms with E-state index < -0.39 is 0 Å². The summed E-state index contributed by atoms with van der Waals surface area (Å²) in [5, 5.41) is 2.97. The molecule has 0 aliphatic heterocycles. The van der Waals surface area contributed by atoms with Crippen molar-refractivity contribution in [2.45, 2.75) is 33.9 Å². The molecule has 3 nitrogen and oxygen atoms in total. The fraction of sp³-hybridized carbons (Fsp3) is 0.350. The van der Waals surface area contributed by atoms with Gasteiger partial charge in [-0.1, -0.05) is 55.8 Å². The summed E-state index contributed by atoms with van der Waals surface area (Å²) in [5.41, 5.74) is 4.29. The number of amides is 1. The molecule has 0 spiro atoms. The molecular formula is C20H26N2O. The van der Waals surface area contributed by atoms with Crippen LogP contribution in [-0.4, -0.2) is 23.9 Å². The molecule has 122 valence electrons. The Morgan fingerprint density at radius 1 is 0.913 bits per heavy atom. The monoisotopic (exact) mass is 310 g/mol. The molecule has 23 heavy (non-hydrogen) atoms. The van der Waals surface area contributed by atoms with E-state index in [1.165, 1.54) is 5.56 Å². The van der Waals surface area contributed by atoms with E-state index in [2.05, 4.69) is 48.3 Å². The lowest BCUT2D eigenvalue weighted by Crippen LogP contribution is -2.23. The quantitative estimate of drug-likeness (QED) is 0.844. The topological polar surface area (TPSA) is 32.3 Å². The van der Waals surface area contributed by atoms with Crippen LogP contribution in [0.1, 0.15) is 40.9 Å². The number of benzene rings is 2. The standard InChI is InChI=1S/C20H26N2O/c1-4-22(5-2)15-18-10-8-17(9-11-18)14-21-20(23)19-12-6-16(3)7-13-19/h6-13H,4-5,14-15H2,1-3H3,(H,21,23). The molecule has 0 saturated heterocycles. The highest BCUT2D eigenvalue weighted by atomic mass is 16.1. The first kappa shape index (κ1) is 17.2. The Kier molecular flexibility index (Phi) is 6.36. The van der Waals surface area contributed by atoms with E-state index in [1.807, 2.05) is 31.2 Å². The van der Waals surface area contributed by atoms with Crippen LogP contribution in [0.3, 0.4) is 0 Å². The fourth-order valence-corrected chi connectivity index (χ4v) is 2.46. The van der Waals surface area contributed by atoms with E-state index in [0.29, 0.717) is 12.1 Å². The Bertz CT molecular complexity index is 613. The Labute approximate surface area is 139 Å². The minimum absolute atomic E-state index is 0.0304. The predicted octanol–water partition coefficient (Wildman–Crippen LogP) is 3.77. The van der Waals surface area contributed by atoms with E-state index in [-0.39, 0.29) is 5.91 Å². The number of carbonyl (C=O) groups is 1. The summed E-state index contributed by atoms with van der Waals surface area (Å²) in [7, 11) is 0. The van der Waals surface area contributed by atoms with Crippen LogP contribution in [0.4, 0.5) is 0 Å². The van der Waals surface area contributed by atoms with Crippen molar-refractivity contribution in [1.82, 2.24) is 10.2 Å². The number of hydrogen-bond acceptors (Lipinski definition) is 2. The van der Waals surface area contributed by atoms with E-state index in [0.717, 1.165) is 30.8 Å². The Morgan fingerprint density at radius 2 is 1.48 bits per heavy atom. The van der Waals surface area contributed by atoms with Gasteiger partial charge in [0.2, 0.25) is 0 Å². The van der Waals surface area contributed by atoms with Gasteiger partial charge in [-0.05, 0) is 43.3 Å². The van der Waals surface area contributed by atoms with Crippen LogP contribution in [-0.2, 0) is 13.1 Å². The molecule has 0 aliphatic rings. The zero-order chi connectivity index (χ0) is 16.7. The Balaban J connectivity index is 1.88. The summed E-state index contributed by atoms with van der Waals surface area (Å²) in [6, 6.07) is 16.1. The second-order valence-electron chi connectivity index (χ2n) is 5.83. The number of aryl methyl sites for hydroxylation is 1. The molecule has 1 N–H and O–H groups in total.